The second-order valence-electron chi connectivity index (χ2n) is 3.94. The number of carboxylic acid groups (broad SMARTS) is 2. The Labute approximate surface area is 91.2 Å². The monoisotopic (exact) mass is 228 g/mol. The van der Waals surface area contributed by atoms with Gasteiger partial charge in [-0.2, -0.15) is 0 Å². The highest BCUT2D eigenvalue weighted by Crippen LogP contribution is 2.26. The van der Waals surface area contributed by atoms with E-state index in [9.17, 15) is 9.59 Å². The number of rotatable bonds is 4. The molecule has 0 amide bonds. The van der Waals surface area contributed by atoms with Crippen LogP contribution in [0.1, 0.15) is 28.4 Å². The second kappa shape index (κ2) is 4.02. The molecule has 15 heavy (non-hydrogen) atoms. The van der Waals surface area contributed by atoms with Crippen LogP contribution in [0.3, 0.4) is 0 Å². The minimum atomic E-state index is -0.973. The summed E-state index contributed by atoms with van der Waals surface area (Å²) < 4.78 is 0. The molecule has 0 fully saturated rings. The van der Waals surface area contributed by atoms with Crippen LogP contribution in [0, 0.1) is 5.41 Å². The van der Waals surface area contributed by atoms with Crippen LogP contribution in [-0.4, -0.2) is 22.2 Å². The SMILES string of the molecule is CC(C)(Cc1ccc(C(=O)O)s1)C(=O)O. The summed E-state index contributed by atoms with van der Waals surface area (Å²) >= 11 is 1.12. The molecule has 0 aliphatic heterocycles. The normalized spacial score (nSPS) is 11.3. The maximum Gasteiger partial charge on any atom is 0.345 e. The molecule has 4 nitrogen and oxygen atoms in total. The molecule has 1 rings (SSSR count). The summed E-state index contributed by atoms with van der Waals surface area (Å²) in [6.07, 6.45) is 0.348. The number of aliphatic carboxylic acids is 1. The van der Waals surface area contributed by atoms with Gasteiger partial charge in [0.2, 0.25) is 0 Å². The number of hydrogen-bond acceptors (Lipinski definition) is 3. The van der Waals surface area contributed by atoms with Crippen LogP contribution in [0.25, 0.3) is 0 Å². The predicted molar refractivity (Wildman–Crippen MR) is 56.4 cm³/mol. The van der Waals surface area contributed by atoms with Crippen molar-refractivity contribution in [2.75, 3.05) is 0 Å². The first kappa shape index (κ1) is 11.7. The Bertz CT molecular complexity index is 392. The quantitative estimate of drug-likeness (QED) is 0.827. The first-order valence-electron chi connectivity index (χ1n) is 4.38. The lowest BCUT2D eigenvalue weighted by Gasteiger charge is -2.17. The zero-order chi connectivity index (χ0) is 11.6. The molecule has 82 valence electrons. The molecule has 1 aromatic rings. The number of carbonyl (C=O) groups is 2. The summed E-state index contributed by atoms with van der Waals surface area (Å²) in [5.41, 5.74) is -0.860. The van der Waals surface area contributed by atoms with Crippen LogP contribution in [-0.2, 0) is 11.2 Å². The molecule has 0 atom stereocenters. The third kappa shape index (κ3) is 2.79. The van der Waals surface area contributed by atoms with Gasteiger partial charge in [0.15, 0.2) is 0 Å². The molecule has 0 radical (unpaired) electrons. The molecule has 1 heterocycles. The van der Waals surface area contributed by atoms with Gasteiger partial charge >= 0.3 is 11.9 Å². The van der Waals surface area contributed by atoms with Crippen molar-refractivity contribution in [2.45, 2.75) is 20.3 Å². The highest BCUT2D eigenvalue weighted by molar-refractivity contribution is 7.13. The van der Waals surface area contributed by atoms with Crippen molar-refractivity contribution in [3.63, 3.8) is 0 Å². The van der Waals surface area contributed by atoms with Crippen molar-refractivity contribution >= 4 is 23.3 Å². The molecule has 2 N–H and O–H groups in total. The summed E-state index contributed by atoms with van der Waals surface area (Å²) in [6.45, 7) is 3.24. The fourth-order valence-corrected chi connectivity index (χ4v) is 2.17. The number of thiophene rings is 1. The van der Waals surface area contributed by atoms with E-state index in [-0.39, 0.29) is 4.88 Å². The lowest BCUT2D eigenvalue weighted by molar-refractivity contribution is -0.146. The maximum absolute atomic E-state index is 10.9. The van der Waals surface area contributed by atoms with Crippen molar-refractivity contribution < 1.29 is 19.8 Å². The topological polar surface area (TPSA) is 74.6 Å². The molecule has 0 aliphatic rings. The smallest absolute Gasteiger partial charge is 0.345 e. The highest BCUT2D eigenvalue weighted by atomic mass is 32.1. The number of aromatic carboxylic acids is 1. The van der Waals surface area contributed by atoms with E-state index in [0.29, 0.717) is 6.42 Å². The van der Waals surface area contributed by atoms with E-state index in [2.05, 4.69) is 0 Å². The van der Waals surface area contributed by atoms with Crippen LogP contribution >= 0.6 is 11.3 Å². The van der Waals surface area contributed by atoms with Crippen molar-refractivity contribution in [3.05, 3.63) is 21.9 Å². The van der Waals surface area contributed by atoms with E-state index < -0.39 is 17.4 Å². The Morgan fingerprint density at radius 1 is 1.33 bits per heavy atom. The van der Waals surface area contributed by atoms with Crippen LogP contribution in [0.5, 0.6) is 0 Å². The van der Waals surface area contributed by atoms with Crippen LogP contribution in [0.15, 0.2) is 12.1 Å². The fraction of sp³-hybridized carbons (Fsp3) is 0.400. The van der Waals surface area contributed by atoms with Gasteiger partial charge in [0, 0.05) is 4.88 Å². The van der Waals surface area contributed by atoms with Gasteiger partial charge in [-0.05, 0) is 32.4 Å². The average molecular weight is 228 g/mol. The lowest BCUT2D eigenvalue weighted by atomic mass is 9.89. The number of carboxylic acids is 2. The van der Waals surface area contributed by atoms with Gasteiger partial charge in [0.25, 0.3) is 0 Å². The van der Waals surface area contributed by atoms with Crippen LogP contribution in [0.4, 0.5) is 0 Å². The van der Waals surface area contributed by atoms with Crippen molar-refractivity contribution in [2.24, 2.45) is 5.41 Å². The number of hydrogen-bond donors (Lipinski definition) is 2. The molecule has 0 spiro atoms. The molecule has 0 unspecified atom stereocenters. The summed E-state index contributed by atoms with van der Waals surface area (Å²) in [4.78, 5) is 22.5. The largest absolute Gasteiger partial charge is 0.481 e. The molecular formula is C10H12O4S. The standard InChI is InChI=1S/C10H12O4S/c1-10(2,9(13)14)5-6-3-4-7(15-6)8(11)12/h3-4H,5H2,1-2H3,(H,11,12)(H,13,14). The zero-order valence-electron chi connectivity index (χ0n) is 8.48. The van der Waals surface area contributed by atoms with E-state index in [0.717, 1.165) is 16.2 Å². The molecular weight excluding hydrogens is 216 g/mol. The van der Waals surface area contributed by atoms with Crippen molar-refractivity contribution in [3.8, 4) is 0 Å². The predicted octanol–water partition coefficient (Wildman–Crippen LogP) is 2.10. The Morgan fingerprint density at radius 2 is 1.93 bits per heavy atom. The average Bonchev–Trinajstić information content (AvgIpc) is 2.51. The van der Waals surface area contributed by atoms with E-state index in [1.807, 2.05) is 0 Å². The molecule has 0 saturated heterocycles. The van der Waals surface area contributed by atoms with E-state index in [1.165, 1.54) is 6.07 Å². The Kier molecular flexibility index (Phi) is 3.14. The molecule has 5 heteroatoms. The van der Waals surface area contributed by atoms with Gasteiger partial charge in [-0.1, -0.05) is 0 Å². The minimum absolute atomic E-state index is 0.242. The second-order valence-corrected chi connectivity index (χ2v) is 5.11. The minimum Gasteiger partial charge on any atom is -0.481 e. The van der Waals surface area contributed by atoms with E-state index in [4.69, 9.17) is 10.2 Å². The van der Waals surface area contributed by atoms with Crippen molar-refractivity contribution in [1.82, 2.24) is 0 Å². The Balaban J connectivity index is 2.82. The fourth-order valence-electron chi connectivity index (χ4n) is 1.10. The van der Waals surface area contributed by atoms with Gasteiger partial charge in [0.05, 0.1) is 5.41 Å². The van der Waals surface area contributed by atoms with Gasteiger partial charge in [-0.3, -0.25) is 4.79 Å². The molecule has 0 aliphatic carbocycles. The third-order valence-corrected chi connectivity index (χ3v) is 3.14. The Morgan fingerprint density at radius 3 is 2.33 bits per heavy atom. The molecule has 0 saturated carbocycles. The Hall–Kier alpha value is -1.36. The van der Waals surface area contributed by atoms with Crippen molar-refractivity contribution in [1.29, 1.82) is 0 Å². The summed E-state index contributed by atoms with van der Waals surface area (Å²) in [5.74, 6) is -1.85. The van der Waals surface area contributed by atoms with E-state index >= 15 is 0 Å². The van der Waals surface area contributed by atoms with Gasteiger partial charge in [0.1, 0.15) is 4.88 Å². The van der Waals surface area contributed by atoms with Gasteiger partial charge in [-0.25, -0.2) is 4.79 Å². The van der Waals surface area contributed by atoms with Crippen LogP contribution in [0.2, 0.25) is 0 Å². The van der Waals surface area contributed by atoms with E-state index in [1.54, 1.807) is 19.9 Å². The first-order chi connectivity index (χ1) is 6.83. The highest BCUT2D eigenvalue weighted by Gasteiger charge is 2.28. The first-order valence-corrected chi connectivity index (χ1v) is 5.20. The van der Waals surface area contributed by atoms with Crippen LogP contribution < -0.4 is 0 Å². The van der Waals surface area contributed by atoms with Gasteiger partial charge < -0.3 is 10.2 Å². The summed E-state index contributed by atoms with van der Waals surface area (Å²) in [7, 11) is 0. The molecule has 0 bridgehead atoms. The third-order valence-electron chi connectivity index (χ3n) is 2.07. The molecule has 0 aromatic carbocycles. The zero-order valence-corrected chi connectivity index (χ0v) is 9.30. The lowest BCUT2D eigenvalue weighted by Crippen LogP contribution is -2.25. The maximum atomic E-state index is 10.9. The summed E-state index contributed by atoms with van der Waals surface area (Å²) in [5, 5.41) is 17.6. The summed E-state index contributed by atoms with van der Waals surface area (Å²) in [6, 6.07) is 3.17. The molecule has 1 aromatic heterocycles. The van der Waals surface area contributed by atoms with Gasteiger partial charge in [-0.15, -0.1) is 11.3 Å².